The van der Waals surface area contributed by atoms with Crippen LogP contribution in [0.5, 0.6) is 0 Å². The zero-order valence-electron chi connectivity index (χ0n) is 17.0. The summed E-state index contributed by atoms with van der Waals surface area (Å²) < 4.78 is 1.74. The number of hydrogen-bond acceptors (Lipinski definition) is 3. The van der Waals surface area contributed by atoms with E-state index in [1.165, 1.54) is 6.08 Å². The number of aromatic nitrogens is 1. The lowest BCUT2D eigenvalue weighted by Gasteiger charge is -2.14. The van der Waals surface area contributed by atoms with Crippen molar-refractivity contribution in [1.29, 1.82) is 0 Å². The van der Waals surface area contributed by atoms with Gasteiger partial charge in [-0.1, -0.05) is 46.9 Å². The van der Waals surface area contributed by atoms with Crippen molar-refractivity contribution in [2.75, 3.05) is 7.05 Å². The number of halogens is 3. The Labute approximate surface area is 200 Å². The van der Waals surface area contributed by atoms with Gasteiger partial charge in [-0.15, -0.1) is 0 Å². The van der Waals surface area contributed by atoms with Gasteiger partial charge in [-0.05, 0) is 42.0 Å². The van der Waals surface area contributed by atoms with Crippen LogP contribution in [0.4, 0.5) is 0 Å². The number of benzene rings is 2. The van der Waals surface area contributed by atoms with Crippen molar-refractivity contribution in [1.82, 2.24) is 15.2 Å². The minimum absolute atomic E-state index is 0.174. The fourth-order valence-electron chi connectivity index (χ4n) is 3.05. The maximum Gasteiger partial charge on any atom is 0.251 e. The van der Waals surface area contributed by atoms with E-state index in [9.17, 15) is 14.7 Å². The van der Waals surface area contributed by atoms with Gasteiger partial charge in [0.25, 0.3) is 5.91 Å². The lowest BCUT2D eigenvalue weighted by Crippen LogP contribution is -2.21. The normalized spacial score (nSPS) is 11.0. The quantitative estimate of drug-likeness (QED) is 0.421. The molecule has 0 spiro atoms. The molecule has 32 heavy (non-hydrogen) atoms. The van der Waals surface area contributed by atoms with E-state index in [0.29, 0.717) is 37.6 Å². The summed E-state index contributed by atoms with van der Waals surface area (Å²) in [4.78, 5) is 23.9. The van der Waals surface area contributed by atoms with Gasteiger partial charge >= 0.3 is 0 Å². The van der Waals surface area contributed by atoms with E-state index in [4.69, 9.17) is 34.8 Å². The Morgan fingerprint density at radius 1 is 1.09 bits per heavy atom. The lowest BCUT2D eigenvalue weighted by molar-refractivity contribution is -0.116. The summed E-state index contributed by atoms with van der Waals surface area (Å²) in [6.07, 6.45) is 4.73. The molecular formula is C23H20Cl3N3O3. The van der Waals surface area contributed by atoms with Crippen molar-refractivity contribution in [2.45, 2.75) is 13.2 Å². The topological polar surface area (TPSA) is 83.4 Å². The van der Waals surface area contributed by atoms with E-state index >= 15 is 0 Å². The second-order valence-electron chi connectivity index (χ2n) is 6.79. The number of aliphatic hydroxyl groups excluding tert-OH is 1. The van der Waals surface area contributed by atoms with Crippen molar-refractivity contribution in [3.05, 3.63) is 92.2 Å². The minimum Gasteiger partial charge on any atom is -0.392 e. The zero-order chi connectivity index (χ0) is 23.3. The Bertz CT molecular complexity index is 1170. The Morgan fingerprint density at radius 2 is 1.81 bits per heavy atom. The number of carbonyl (C=O) groups excluding carboxylic acids is 2. The molecule has 0 atom stereocenters. The van der Waals surface area contributed by atoms with Gasteiger partial charge in [-0.3, -0.25) is 9.59 Å². The smallest absolute Gasteiger partial charge is 0.251 e. The standard InChI is InChI=1S/C23H20Cl3N3O3/c1-27-23(32)15-5-2-14(3-6-15)4-9-21(31)28-11-17-10-16(24)12-29(17)20-8-7-19(25)18(13-30)22(20)26/h2-10,12,30H,11,13H2,1H3,(H,27,32)(H,28,31). The number of nitrogens with zero attached hydrogens (tertiary/aromatic N) is 1. The van der Waals surface area contributed by atoms with Gasteiger partial charge in [-0.25, -0.2) is 0 Å². The lowest BCUT2D eigenvalue weighted by atomic mass is 10.1. The van der Waals surface area contributed by atoms with Gasteiger partial charge in [0.05, 0.1) is 28.9 Å². The predicted molar refractivity (Wildman–Crippen MR) is 127 cm³/mol. The van der Waals surface area contributed by atoms with Gasteiger partial charge in [0, 0.05) is 41.2 Å². The van der Waals surface area contributed by atoms with Gasteiger partial charge in [0.1, 0.15) is 0 Å². The zero-order valence-corrected chi connectivity index (χ0v) is 19.3. The third-order valence-electron chi connectivity index (χ3n) is 4.72. The van der Waals surface area contributed by atoms with E-state index in [2.05, 4.69) is 10.6 Å². The van der Waals surface area contributed by atoms with Gasteiger partial charge in [-0.2, -0.15) is 0 Å². The van der Waals surface area contributed by atoms with E-state index in [-0.39, 0.29) is 25.0 Å². The first-order chi connectivity index (χ1) is 15.3. The minimum atomic E-state index is -0.304. The number of rotatable bonds is 7. The van der Waals surface area contributed by atoms with Gasteiger partial charge < -0.3 is 20.3 Å². The van der Waals surface area contributed by atoms with Crippen molar-refractivity contribution in [3.63, 3.8) is 0 Å². The molecule has 0 unspecified atom stereocenters. The molecule has 0 saturated heterocycles. The first-order valence-electron chi connectivity index (χ1n) is 9.57. The molecule has 6 nitrogen and oxygen atoms in total. The summed E-state index contributed by atoms with van der Waals surface area (Å²) in [5.74, 6) is -0.477. The third kappa shape index (κ3) is 5.53. The largest absolute Gasteiger partial charge is 0.392 e. The molecule has 3 N–H and O–H groups in total. The number of amides is 2. The van der Waals surface area contributed by atoms with Crippen LogP contribution < -0.4 is 10.6 Å². The van der Waals surface area contributed by atoms with Crippen LogP contribution in [0.15, 0.2) is 54.7 Å². The molecule has 2 aromatic carbocycles. The van der Waals surface area contributed by atoms with Crippen LogP contribution in [-0.2, 0) is 17.9 Å². The molecule has 166 valence electrons. The Morgan fingerprint density at radius 3 is 2.47 bits per heavy atom. The van der Waals surface area contributed by atoms with E-state index in [1.54, 1.807) is 66.4 Å². The number of carbonyl (C=O) groups is 2. The molecule has 0 aliphatic rings. The van der Waals surface area contributed by atoms with Crippen LogP contribution >= 0.6 is 34.8 Å². The van der Waals surface area contributed by atoms with Crippen LogP contribution in [0.1, 0.15) is 27.2 Å². The second-order valence-corrected chi connectivity index (χ2v) is 8.01. The van der Waals surface area contributed by atoms with Crippen LogP contribution in [-0.4, -0.2) is 28.5 Å². The van der Waals surface area contributed by atoms with Gasteiger partial charge in [0.2, 0.25) is 5.91 Å². The summed E-state index contributed by atoms with van der Waals surface area (Å²) in [6.45, 7) is -0.111. The molecule has 1 aromatic heterocycles. The highest BCUT2D eigenvalue weighted by molar-refractivity contribution is 6.37. The monoisotopic (exact) mass is 491 g/mol. The molecule has 0 aliphatic carbocycles. The summed E-state index contributed by atoms with van der Waals surface area (Å²) in [6, 6.07) is 11.9. The molecule has 9 heteroatoms. The van der Waals surface area contributed by atoms with Crippen LogP contribution in [0, 0.1) is 0 Å². The molecule has 0 bridgehead atoms. The fourth-order valence-corrected chi connectivity index (χ4v) is 3.85. The number of nitrogens with one attached hydrogen (secondary N) is 2. The van der Waals surface area contributed by atoms with Crippen molar-refractivity contribution in [2.24, 2.45) is 0 Å². The summed E-state index contributed by atoms with van der Waals surface area (Å²) in [5.41, 5.74) is 3.01. The average molecular weight is 493 g/mol. The van der Waals surface area contributed by atoms with E-state index < -0.39 is 0 Å². The molecular weight excluding hydrogens is 473 g/mol. The highest BCUT2D eigenvalue weighted by Gasteiger charge is 2.15. The van der Waals surface area contributed by atoms with Crippen LogP contribution in [0.25, 0.3) is 11.8 Å². The van der Waals surface area contributed by atoms with Crippen molar-refractivity contribution >= 4 is 52.7 Å². The molecule has 2 amide bonds. The van der Waals surface area contributed by atoms with Crippen molar-refractivity contribution < 1.29 is 14.7 Å². The Hall–Kier alpha value is -2.77. The SMILES string of the molecule is CNC(=O)c1ccc(C=CC(=O)NCc2cc(Cl)cn2-c2ccc(Cl)c(CO)c2Cl)cc1. The first kappa shape index (κ1) is 23.9. The molecule has 0 aliphatic heterocycles. The highest BCUT2D eigenvalue weighted by atomic mass is 35.5. The molecule has 3 aromatic rings. The molecule has 1 heterocycles. The average Bonchev–Trinajstić information content (AvgIpc) is 3.16. The first-order valence-corrected chi connectivity index (χ1v) is 10.7. The van der Waals surface area contributed by atoms with E-state index in [0.717, 1.165) is 5.56 Å². The second kappa shape index (κ2) is 10.7. The maximum absolute atomic E-state index is 12.3. The molecule has 0 saturated carbocycles. The molecule has 0 radical (unpaired) electrons. The van der Waals surface area contributed by atoms with Gasteiger partial charge in [0.15, 0.2) is 0 Å². The maximum atomic E-state index is 12.3. The highest BCUT2D eigenvalue weighted by Crippen LogP contribution is 2.32. The summed E-state index contributed by atoms with van der Waals surface area (Å²) >= 11 is 18.7. The summed E-state index contributed by atoms with van der Waals surface area (Å²) in [5, 5.41) is 16.0. The van der Waals surface area contributed by atoms with Crippen molar-refractivity contribution in [3.8, 4) is 5.69 Å². The predicted octanol–water partition coefficient (Wildman–Crippen LogP) is 4.62. The molecule has 0 fully saturated rings. The van der Waals surface area contributed by atoms with Crippen LogP contribution in [0.3, 0.4) is 0 Å². The Balaban J connectivity index is 1.71. The number of hydrogen-bond donors (Lipinski definition) is 3. The summed E-state index contributed by atoms with van der Waals surface area (Å²) in [7, 11) is 1.57. The van der Waals surface area contributed by atoms with E-state index in [1.807, 2.05) is 0 Å². The number of aliphatic hydroxyl groups is 1. The third-order valence-corrected chi connectivity index (χ3v) is 5.70. The molecule has 3 rings (SSSR count). The van der Waals surface area contributed by atoms with Crippen LogP contribution in [0.2, 0.25) is 15.1 Å². The Kier molecular flexibility index (Phi) is 7.99. The fraction of sp³-hybridized carbons (Fsp3) is 0.130.